The molecule has 2 nitrogen and oxygen atoms in total. The van der Waals surface area contributed by atoms with Crippen LogP contribution in [0.4, 0.5) is 0 Å². The van der Waals surface area contributed by atoms with Crippen LogP contribution in [0.3, 0.4) is 0 Å². The van der Waals surface area contributed by atoms with E-state index < -0.39 is 7.92 Å². The van der Waals surface area contributed by atoms with Gasteiger partial charge in [0.25, 0.3) is 0 Å². The van der Waals surface area contributed by atoms with Crippen LogP contribution in [-0.2, 0) is 17.1 Å². The summed E-state index contributed by atoms with van der Waals surface area (Å²) in [5.74, 6) is 2.96. The Morgan fingerprint density at radius 2 is 0.894 bits per heavy atom. The molecule has 2 aromatic carbocycles. The third kappa shape index (κ3) is 9.60. The number of aryl methyl sites for hydroxylation is 4. The maximum absolute atomic E-state index is 5.83. The van der Waals surface area contributed by atoms with Gasteiger partial charge in [0.1, 0.15) is 11.5 Å². The zero-order valence-electron chi connectivity index (χ0n) is 31.0. The summed E-state index contributed by atoms with van der Waals surface area (Å²) in [5, 5.41) is 3.12. The Bertz CT molecular complexity index is 1120. The van der Waals surface area contributed by atoms with Crippen LogP contribution in [-0.4, -0.2) is 36.9 Å². The first kappa shape index (κ1) is 39.2. The van der Waals surface area contributed by atoms with Crippen LogP contribution < -0.4 is 20.1 Å². The largest absolute Gasteiger partial charge is 0.496 e. The summed E-state index contributed by atoms with van der Waals surface area (Å²) in [5.41, 5.74) is 8.83. The van der Waals surface area contributed by atoms with Gasteiger partial charge in [0.15, 0.2) is 0 Å². The minimum Gasteiger partial charge on any atom is -0.496 e. The molecule has 4 aliphatic carbocycles. The molecule has 0 heterocycles. The average Bonchev–Trinajstić information content (AvgIpc) is 3.79. The molecule has 2 aromatic rings. The van der Waals surface area contributed by atoms with E-state index in [4.69, 9.17) is 9.47 Å². The van der Waals surface area contributed by atoms with Crippen LogP contribution in [0.15, 0.2) is 24.3 Å². The van der Waals surface area contributed by atoms with Crippen molar-refractivity contribution in [3.05, 3.63) is 46.5 Å². The van der Waals surface area contributed by atoms with Gasteiger partial charge in [-0.05, 0) is 160 Å². The molecule has 4 aliphatic rings. The van der Waals surface area contributed by atoms with E-state index >= 15 is 0 Å². The first-order chi connectivity index (χ1) is 22.3. The smallest absolute Gasteiger partial charge is 0.124 e. The molecule has 0 saturated heterocycles. The number of ether oxygens (including phenoxy) is 2. The van der Waals surface area contributed by atoms with E-state index in [0.717, 1.165) is 40.1 Å². The van der Waals surface area contributed by atoms with E-state index in [1.807, 2.05) is 14.2 Å². The third-order valence-corrected chi connectivity index (χ3v) is 19.0. The van der Waals surface area contributed by atoms with Crippen molar-refractivity contribution in [1.82, 2.24) is 0 Å². The SMILES string of the molecule is C1CCCC1.COc1c(C)cc(P(c2cc(C)c(OC)c(C)c2)C2CCCC2[C@H](C)P(C2CCCCC2)C2CCCCC2)cc1C.[Fe]. The van der Waals surface area contributed by atoms with Gasteiger partial charge in [0.2, 0.25) is 0 Å². The molecule has 264 valence electrons. The van der Waals surface area contributed by atoms with Gasteiger partial charge in [0, 0.05) is 17.1 Å². The second-order valence-corrected chi connectivity index (χ2v) is 20.9. The van der Waals surface area contributed by atoms with E-state index in [-0.39, 0.29) is 25.0 Å². The molecule has 0 aliphatic heterocycles. The van der Waals surface area contributed by atoms with Crippen LogP contribution in [0.2, 0.25) is 0 Å². The Balaban J connectivity index is 0.000000762. The Morgan fingerprint density at radius 3 is 1.26 bits per heavy atom. The van der Waals surface area contributed by atoms with E-state index in [0.29, 0.717) is 0 Å². The quantitative estimate of drug-likeness (QED) is 0.190. The van der Waals surface area contributed by atoms with Crippen molar-refractivity contribution in [2.75, 3.05) is 14.2 Å². The Morgan fingerprint density at radius 1 is 0.532 bits per heavy atom. The molecular formula is C42H66FeO2P2. The second-order valence-electron chi connectivity index (χ2n) is 15.3. The maximum atomic E-state index is 5.83. The van der Waals surface area contributed by atoms with Crippen molar-refractivity contribution in [2.45, 2.75) is 173 Å². The van der Waals surface area contributed by atoms with Gasteiger partial charge in [-0.1, -0.05) is 91.9 Å². The van der Waals surface area contributed by atoms with Gasteiger partial charge in [-0.3, -0.25) is 0 Å². The van der Waals surface area contributed by atoms with E-state index in [2.05, 4.69) is 58.9 Å². The molecule has 0 bridgehead atoms. The molecule has 2 unspecified atom stereocenters. The predicted molar refractivity (Wildman–Crippen MR) is 205 cm³/mol. The van der Waals surface area contributed by atoms with Crippen molar-refractivity contribution in [1.29, 1.82) is 0 Å². The van der Waals surface area contributed by atoms with E-state index in [9.17, 15) is 0 Å². The van der Waals surface area contributed by atoms with Crippen molar-refractivity contribution in [2.24, 2.45) is 5.92 Å². The Labute approximate surface area is 302 Å². The molecule has 0 N–H and O–H groups in total. The fraction of sp³-hybridized carbons (Fsp3) is 0.714. The summed E-state index contributed by atoms with van der Waals surface area (Å²) < 4.78 is 11.7. The molecule has 3 atom stereocenters. The fourth-order valence-corrected chi connectivity index (χ4v) is 18.4. The minimum atomic E-state index is -0.484. The molecule has 6 rings (SSSR count). The minimum absolute atomic E-state index is 0. The van der Waals surface area contributed by atoms with Crippen molar-refractivity contribution in [3.63, 3.8) is 0 Å². The number of benzene rings is 2. The summed E-state index contributed by atoms with van der Waals surface area (Å²) >= 11 is 0. The molecule has 0 aromatic heterocycles. The maximum Gasteiger partial charge on any atom is 0.124 e. The summed E-state index contributed by atoms with van der Waals surface area (Å²) in [6, 6.07) is 9.93. The Hall–Kier alpha value is -0.581. The first-order valence-electron chi connectivity index (χ1n) is 19.2. The normalized spacial score (nSPS) is 22.9. The number of methoxy groups -OCH3 is 2. The second kappa shape index (κ2) is 19.1. The first-order valence-corrected chi connectivity index (χ1v) is 22.2. The predicted octanol–water partition coefficient (Wildman–Crippen LogP) is 12.0. The van der Waals surface area contributed by atoms with Crippen molar-refractivity contribution < 1.29 is 26.5 Å². The molecule has 0 spiro atoms. The molecule has 5 heteroatoms. The zero-order chi connectivity index (χ0) is 32.6. The van der Waals surface area contributed by atoms with Crippen molar-refractivity contribution in [3.8, 4) is 11.5 Å². The van der Waals surface area contributed by atoms with E-state index in [1.54, 1.807) is 10.6 Å². The van der Waals surface area contributed by atoms with Crippen LogP contribution >= 0.6 is 15.8 Å². The average molecular weight is 721 g/mol. The molecule has 47 heavy (non-hydrogen) atoms. The number of hydrogen-bond donors (Lipinski definition) is 0. The van der Waals surface area contributed by atoms with Crippen molar-refractivity contribution >= 4 is 26.5 Å². The standard InChI is InChI=1S/C37H56O2P2.C5H10.Fe/c1-25-21-32(22-26(2)36(25)38-6)41(33-23-27(3)37(39-7)28(4)24-33)35-20-14-19-34(35)29(5)40(30-15-10-8-11-16-30)31-17-12-9-13-18-31;1-2-4-5-3-1;/h21-24,29-31,34-35H,8-20H2,1-7H3;1-5H2;/t29-,34?,35?;;/m0../s1. The molecular weight excluding hydrogens is 654 g/mol. The number of hydrogen-bond acceptors (Lipinski definition) is 2. The van der Waals surface area contributed by atoms with Crippen LogP contribution in [0.5, 0.6) is 11.5 Å². The molecule has 0 amide bonds. The zero-order valence-corrected chi connectivity index (χ0v) is 33.9. The summed E-state index contributed by atoms with van der Waals surface area (Å²) in [7, 11) is 3.23. The van der Waals surface area contributed by atoms with Crippen LogP contribution in [0.1, 0.15) is 145 Å². The summed E-state index contributed by atoms with van der Waals surface area (Å²) in [4.78, 5) is 0. The summed E-state index contributed by atoms with van der Waals surface area (Å²) in [6.45, 7) is 11.7. The third-order valence-electron chi connectivity index (χ3n) is 12.1. The molecule has 4 fully saturated rings. The van der Waals surface area contributed by atoms with Gasteiger partial charge < -0.3 is 9.47 Å². The molecule has 0 radical (unpaired) electrons. The topological polar surface area (TPSA) is 18.5 Å². The Kier molecular flexibility index (Phi) is 16.0. The monoisotopic (exact) mass is 720 g/mol. The van der Waals surface area contributed by atoms with Gasteiger partial charge in [0.05, 0.1) is 14.2 Å². The van der Waals surface area contributed by atoms with Gasteiger partial charge in [-0.25, -0.2) is 0 Å². The fourth-order valence-electron chi connectivity index (χ4n) is 9.99. The van der Waals surface area contributed by atoms with Gasteiger partial charge in [-0.2, -0.15) is 0 Å². The number of rotatable bonds is 9. The summed E-state index contributed by atoms with van der Waals surface area (Å²) in [6.07, 6.45) is 26.7. The van der Waals surface area contributed by atoms with Crippen LogP contribution in [0.25, 0.3) is 0 Å². The van der Waals surface area contributed by atoms with Gasteiger partial charge >= 0.3 is 0 Å². The van der Waals surface area contributed by atoms with Crippen LogP contribution in [0, 0.1) is 33.6 Å². The van der Waals surface area contributed by atoms with E-state index in [1.165, 1.54) is 138 Å². The molecule has 4 saturated carbocycles. The van der Waals surface area contributed by atoms with Gasteiger partial charge in [-0.15, -0.1) is 0 Å².